The van der Waals surface area contributed by atoms with E-state index in [0.29, 0.717) is 5.84 Å². The molecule has 0 aliphatic rings. The fourth-order valence-corrected chi connectivity index (χ4v) is 2.03. The van der Waals surface area contributed by atoms with E-state index in [-0.39, 0.29) is 0 Å². The molecular weight excluding hydrogens is 256 g/mol. The van der Waals surface area contributed by atoms with Crippen molar-refractivity contribution in [1.29, 1.82) is 0 Å². The molecule has 0 unspecified atom stereocenters. The Morgan fingerprint density at radius 1 is 1.05 bits per heavy atom. The Morgan fingerprint density at radius 2 is 1.68 bits per heavy atom. The Labute approximate surface area is 117 Å². The van der Waals surface area contributed by atoms with Crippen molar-refractivity contribution in [3.05, 3.63) is 54.1 Å². The monoisotopic (exact) mass is 272 g/mol. The zero-order chi connectivity index (χ0) is 13.7. The number of amidine groups is 1. The zero-order valence-corrected chi connectivity index (χ0v) is 11.8. The van der Waals surface area contributed by atoms with E-state index in [1.165, 1.54) is 4.90 Å². The molecule has 2 aromatic rings. The minimum atomic E-state index is 0.512. The number of methoxy groups -OCH3 is 1. The molecule has 0 radical (unpaired) electrons. The van der Waals surface area contributed by atoms with Crippen LogP contribution in [0.15, 0.2) is 58.4 Å². The van der Waals surface area contributed by atoms with Crippen LogP contribution < -0.4 is 10.5 Å². The van der Waals surface area contributed by atoms with Crippen LogP contribution in [0.2, 0.25) is 0 Å². The van der Waals surface area contributed by atoms with E-state index in [1.807, 2.05) is 54.8 Å². The molecule has 0 atom stereocenters. The molecule has 3 nitrogen and oxygen atoms in total. The van der Waals surface area contributed by atoms with Crippen LogP contribution in [0.4, 0.5) is 5.69 Å². The van der Waals surface area contributed by atoms with Crippen LogP contribution in [0.3, 0.4) is 0 Å². The summed E-state index contributed by atoms with van der Waals surface area (Å²) in [5.74, 6) is 1.32. The molecule has 0 saturated heterocycles. The molecule has 98 valence electrons. The molecule has 2 rings (SSSR count). The fraction of sp³-hybridized carbons (Fsp3) is 0.133. The summed E-state index contributed by atoms with van der Waals surface area (Å²) in [6, 6.07) is 15.5. The molecule has 0 aromatic heterocycles. The molecule has 0 amide bonds. The lowest BCUT2D eigenvalue weighted by Crippen LogP contribution is -2.12. The topological polar surface area (TPSA) is 47.6 Å². The van der Waals surface area contributed by atoms with E-state index in [0.717, 1.165) is 17.0 Å². The van der Waals surface area contributed by atoms with Crippen LogP contribution in [0.5, 0.6) is 5.75 Å². The first-order chi connectivity index (χ1) is 9.22. The summed E-state index contributed by atoms with van der Waals surface area (Å²) >= 11 is 1.70. The number of nitrogens with zero attached hydrogens (tertiary/aromatic N) is 1. The van der Waals surface area contributed by atoms with Crippen LogP contribution in [0, 0.1) is 0 Å². The molecule has 2 aromatic carbocycles. The van der Waals surface area contributed by atoms with Gasteiger partial charge in [-0.2, -0.15) is 0 Å². The fourth-order valence-electron chi connectivity index (χ4n) is 1.62. The number of benzene rings is 2. The number of ether oxygens (including phenoxy) is 1. The van der Waals surface area contributed by atoms with Gasteiger partial charge in [0.15, 0.2) is 0 Å². The first kappa shape index (κ1) is 13.5. The van der Waals surface area contributed by atoms with Gasteiger partial charge in [0.05, 0.1) is 12.8 Å². The maximum Gasteiger partial charge on any atom is 0.131 e. The van der Waals surface area contributed by atoms with Crippen LogP contribution in [-0.2, 0) is 0 Å². The minimum Gasteiger partial charge on any atom is -0.497 e. The summed E-state index contributed by atoms with van der Waals surface area (Å²) in [6.07, 6.45) is 2.05. The third-order valence-corrected chi connectivity index (χ3v) is 3.45. The number of hydrogen-bond acceptors (Lipinski definition) is 3. The summed E-state index contributed by atoms with van der Waals surface area (Å²) in [5.41, 5.74) is 7.74. The van der Waals surface area contributed by atoms with Crippen molar-refractivity contribution in [2.75, 3.05) is 13.4 Å². The van der Waals surface area contributed by atoms with Crippen LogP contribution in [0.25, 0.3) is 0 Å². The van der Waals surface area contributed by atoms with Gasteiger partial charge in [-0.1, -0.05) is 12.1 Å². The maximum atomic E-state index is 6.00. The average molecular weight is 272 g/mol. The zero-order valence-electron chi connectivity index (χ0n) is 11.0. The van der Waals surface area contributed by atoms with E-state index in [4.69, 9.17) is 10.5 Å². The van der Waals surface area contributed by atoms with E-state index >= 15 is 0 Å². The molecular formula is C15H16N2OS. The second kappa shape index (κ2) is 6.29. The number of rotatable bonds is 4. The molecule has 0 fully saturated rings. The Kier molecular flexibility index (Phi) is 4.47. The lowest BCUT2D eigenvalue weighted by atomic mass is 10.2. The van der Waals surface area contributed by atoms with Gasteiger partial charge in [-0.25, -0.2) is 4.99 Å². The highest BCUT2D eigenvalue weighted by atomic mass is 32.2. The summed E-state index contributed by atoms with van der Waals surface area (Å²) in [6.45, 7) is 0. The predicted molar refractivity (Wildman–Crippen MR) is 81.6 cm³/mol. The third kappa shape index (κ3) is 3.51. The summed E-state index contributed by atoms with van der Waals surface area (Å²) in [7, 11) is 1.64. The normalized spacial score (nSPS) is 11.4. The van der Waals surface area contributed by atoms with Gasteiger partial charge >= 0.3 is 0 Å². The van der Waals surface area contributed by atoms with Gasteiger partial charge in [-0.3, -0.25) is 0 Å². The Balaban J connectivity index is 2.20. The summed E-state index contributed by atoms with van der Waals surface area (Å²) < 4.78 is 5.10. The van der Waals surface area contributed by atoms with Gasteiger partial charge in [0, 0.05) is 10.5 Å². The number of thioether (sulfide) groups is 1. The van der Waals surface area contributed by atoms with Gasteiger partial charge < -0.3 is 10.5 Å². The van der Waals surface area contributed by atoms with Crippen LogP contribution >= 0.6 is 11.8 Å². The van der Waals surface area contributed by atoms with E-state index in [1.54, 1.807) is 18.9 Å². The number of nitrogens with two attached hydrogens (primary N) is 1. The molecule has 0 spiro atoms. The number of aliphatic imine (C=N–C) groups is 1. The third-order valence-electron chi connectivity index (χ3n) is 2.71. The van der Waals surface area contributed by atoms with Crippen LogP contribution in [0.1, 0.15) is 5.56 Å². The summed E-state index contributed by atoms with van der Waals surface area (Å²) in [4.78, 5) is 5.60. The highest BCUT2D eigenvalue weighted by molar-refractivity contribution is 7.98. The smallest absolute Gasteiger partial charge is 0.131 e. The molecule has 0 heterocycles. The first-order valence-electron chi connectivity index (χ1n) is 5.85. The van der Waals surface area contributed by atoms with E-state index < -0.39 is 0 Å². The van der Waals surface area contributed by atoms with Crippen molar-refractivity contribution in [2.24, 2.45) is 10.7 Å². The summed E-state index contributed by atoms with van der Waals surface area (Å²) in [5, 5.41) is 0. The van der Waals surface area contributed by atoms with Crippen molar-refractivity contribution < 1.29 is 4.74 Å². The van der Waals surface area contributed by atoms with E-state index in [2.05, 4.69) is 4.99 Å². The van der Waals surface area contributed by atoms with Crippen molar-refractivity contribution in [3.63, 3.8) is 0 Å². The van der Waals surface area contributed by atoms with Crippen LogP contribution in [-0.4, -0.2) is 19.2 Å². The Morgan fingerprint density at radius 3 is 2.21 bits per heavy atom. The van der Waals surface area contributed by atoms with Gasteiger partial charge in [0.25, 0.3) is 0 Å². The molecule has 0 bridgehead atoms. The van der Waals surface area contributed by atoms with Gasteiger partial charge in [-0.15, -0.1) is 11.8 Å². The van der Waals surface area contributed by atoms with Gasteiger partial charge in [-0.05, 0) is 42.7 Å². The van der Waals surface area contributed by atoms with Crippen molar-refractivity contribution >= 4 is 23.3 Å². The second-order valence-electron chi connectivity index (χ2n) is 3.92. The maximum absolute atomic E-state index is 6.00. The van der Waals surface area contributed by atoms with Crippen molar-refractivity contribution in [1.82, 2.24) is 0 Å². The minimum absolute atomic E-state index is 0.512. The van der Waals surface area contributed by atoms with Crippen molar-refractivity contribution in [3.8, 4) is 5.75 Å². The Bertz CT molecular complexity index is 562. The SMILES string of the molecule is COc1ccc(N=C(N)c2ccc(SC)cc2)cc1. The molecule has 19 heavy (non-hydrogen) atoms. The quantitative estimate of drug-likeness (QED) is 0.527. The van der Waals surface area contributed by atoms with E-state index in [9.17, 15) is 0 Å². The highest BCUT2D eigenvalue weighted by Gasteiger charge is 1.99. The van der Waals surface area contributed by atoms with Gasteiger partial charge in [0.1, 0.15) is 11.6 Å². The average Bonchev–Trinajstić information content (AvgIpc) is 2.48. The second-order valence-corrected chi connectivity index (χ2v) is 4.80. The molecule has 0 aliphatic carbocycles. The first-order valence-corrected chi connectivity index (χ1v) is 7.08. The largest absolute Gasteiger partial charge is 0.497 e. The Hall–Kier alpha value is -1.94. The highest BCUT2D eigenvalue weighted by Crippen LogP contribution is 2.19. The molecule has 0 saturated carbocycles. The molecule has 4 heteroatoms. The predicted octanol–water partition coefficient (Wildman–Crippen LogP) is 3.45. The molecule has 0 aliphatic heterocycles. The molecule has 2 N–H and O–H groups in total. The standard InChI is InChI=1S/C15H16N2OS/c1-18-13-7-5-12(6-8-13)17-15(16)11-3-9-14(19-2)10-4-11/h3-10H,1-2H3,(H2,16,17). The lowest BCUT2D eigenvalue weighted by molar-refractivity contribution is 0.415. The lowest BCUT2D eigenvalue weighted by Gasteiger charge is -2.03. The van der Waals surface area contributed by atoms with Gasteiger partial charge in [0.2, 0.25) is 0 Å². The number of hydrogen-bond donors (Lipinski definition) is 1. The van der Waals surface area contributed by atoms with Crippen molar-refractivity contribution in [2.45, 2.75) is 4.90 Å².